The molecule has 0 bridgehead atoms. The first-order valence-electron chi connectivity index (χ1n) is 6.89. The quantitative estimate of drug-likeness (QED) is 0.808. The number of hydrogen-bond donors (Lipinski definition) is 0. The van der Waals surface area contributed by atoms with Gasteiger partial charge in [0.2, 0.25) is 5.43 Å². The smallest absolute Gasteiger partial charge is 0.434 e. The van der Waals surface area contributed by atoms with Gasteiger partial charge in [-0.05, 0) is 31.9 Å². The van der Waals surface area contributed by atoms with Crippen molar-refractivity contribution in [3.8, 4) is 5.75 Å². The number of benzene rings is 1. The van der Waals surface area contributed by atoms with Gasteiger partial charge in [0.05, 0.1) is 28.7 Å². The van der Waals surface area contributed by atoms with Crippen LogP contribution in [-0.2, 0) is 4.74 Å². The average molecular weight is 326 g/mol. The van der Waals surface area contributed by atoms with Gasteiger partial charge in [-0.2, -0.15) is 0 Å². The van der Waals surface area contributed by atoms with Gasteiger partial charge < -0.3 is 14.0 Å². The third-order valence-corrected chi connectivity index (χ3v) is 3.73. The van der Waals surface area contributed by atoms with Gasteiger partial charge in [-0.15, -0.1) is 0 Å². The minimum absolute atomic E-state index is 0.0552. The fraction of sp³-hybridized carbons (Fsp3) is 0.333. The summed E-state index contributed by atoms with van der Waals surface area (Å²) in [7, 11) is 0. The number of carbonyl (C=O) groups excluding carboxylic acids is 1. The molecule has 1 aromatic heterocycles. The molecule has 1 heterocycles. The van der Waals surface area contributed by atoms with Gasteiger partial charge >= 0.3 is 6.16 Å². The highest BCUT2D eigenvalue weighted by Crippen LogP contribution is 2.38. The predicted molar refractivity (Wildman–Crippen MR) is 79.1 cm³/mol. The maximum Gasteiger partial charge on any atom is 0.514 e. The second-order valence-corrected chi connectivity index (χ2v) is 5.44. The zero-order chi connectivity index (χ0) is 15.9. The minimum atomic E-state index is -0.962. The van der Waals surface area contributed by atoms with Gasteiger partial charge in [0, 0.05) is 6.04 Å². The standard InChI is InChI=1S/C15H13ClFNO4/c1-2-21-15(20)22-13-7-18(8-3-4-8)12-6-10(16)11(17)5-9(12)14(13)19/h5-8H,2-4H2,1H3. The molecular formula is C15H13ClFNO4. The van der Waals surface area contributed by atoms with E-state index in [1.165, 1.54) is 12.3 Å². The number of fused-ring (bicyclic) bond motifs is 1. The first kappa shape index (κ1) is 14.8. The van der Waals surface area contributed by atoms with Crippen LogP contribution in [0.3, 0.4) is 0 Å². The summed E-state index contributed by atoms with van der Waals surface area (Å²) in [6.07, 6.45) is 2.36. The van der Waals surface area contributed by atoms with Gasteiger partial charge in [-0.25, -0.2) is 9.18 Å². The molecular weight excluding hydrogens is 313 g/mol. The van der Waals surface area contributed by atoms with Crippen LogP contribution in [0.2, 0.25) is 5.02 Å². The Morgan fingerprint density at radius 1 is 1.45 bits per heavy atom. The third kappa shape index (κ3) is 2.66. The van der Waals surface area contributed by atoms with E-state index in [-0.39, 0.29) is 28.8 Å². The van der Waals surface area contributed by atoms with Crippen LogP contribution in [0, 0.1) is 5.82 Å². The highest BCUT2D eigenvalue weighted by Gasteiger charge is 2.27. The van der Waals surface area contributed by atoms with E-state index in [0.717, 1.165) is 18.9 Å². The number of carbonyl (C=O) groups is 1. The molecule has 0 atom stereocenters. The Bertz CT molecular complexity index is 813. The van der Waals surface area contributed by atoms with Crippen molar-refractivity contribution in [1.82, 2.24) is 4.57 Å². The number of hydrogen-bond acceptors (Lipinski definition) is 4. The molecule has 22 heavy (non-hydrogen) atoms. The molecule has 0 aliphatic heterocycles. The molecule has 1 aromatic carbocycles. The lowest BCUT2D eigenvalue weighted by Crippen LogP contribution is -2.18. The van der Waals surface area contributed by atoms with Crippen LogP contribution in [0.25, 0.3) is 10.9 Å². The summed E-state index contributed by atoms with van der Waals surface area (Å²) in [5.41, 5.74) is -0.0503. The van der Waals surface area contributed by atoms with E-state index in [4.69, 9.17) is 16.3 Å². The normalized spacial score (nSPS) is 14.1. The van der Waals surface area contributed by atoms with Crippen LogP contribution < -0.4 is 10.2 Å². The zero-order valence-electron chi connectivity index (χ0n) is 11.8. The molecule has 0 spiro atoms. The van der Waals surface area contributed by atoms with Crippen molar-refractivity contribution in [2.75, 3.05) is 6.61 Å². The summed E-state index contributed by atoms with van der Waals surface area (Å²) in [6.45, 7) is 1.76. The van der Waals surface area contributed by atoms with Crippen LogP contribution in [0.1, 0.15) is 25.8 Å². The topological polar surface area (TPSA) is 57.5 Å². The molecule has 0 amide bonds. The van der Waals surface area contributed by atoms with E-state index in [2.05, 4.69) is 4.74 Å². The lowest BCUT2D eigenvalue weighted by atomic mass is 10.2. The van der Waals surface area contributed by atoms with Gasteiger partial charge in [0.15, 0.2) is 5.75 Å². The molecule has 1 aliphatic rings. The van der Waals surface area contributed by atoms with Crippen LogP contribution in [-0.4, -0.2) is 17.3 Å². The molecule has 0 saturated heterocycles. The highest BCUT2D eigenvalue weighted by molar-refractivity contribution is 6.31. The lowest BCUT2D eigenvalue weighted by molar-refractivity contribution is 0.104. The SMILES string of the molecule is CCOC(=O)Oc1cn(C2CC2)c2cc(Cl)c(F)cc2c1=O. The van der Waals surface area contributed by atoms with E-state index in [1.807, 2.05) is 0 Å². The minimum Gasteiger partial charge on any atom is -0.434 e. The van der Waals surface area contributed by atoms with E-state index >= 15 is 0 Å². The van der Waals surface area contributed by atoms with Gasteiger partial charge in [-0.1, -0.05) is 11.6 Å². The molecule has 0 radical (unpaired) electrons. The number of nitrogens with zero attached hydrogens (tertiary/aromatic N) is 1. The van der Waals surface area contributed by atoms with Crippen LogP contribution in [0.15, 0.2) is 23.1 Å². The fourth-order valence-electron chi connectivity index (χ4n) is 2.28. The van der Waals surface area contributed by atoms with Gasteiger partial charge in [-0.3, -0.25) is 4.79 Å². The Balaban J connectivity index is 2.18. The Morgan fingerprint density at radius 2 is 2.18 bits per heavy atom. The molecule has 7 heteroatoms. The first-order chi connectivity index (χ1) is 10.5. The lowest BCUT2D eigenvalue weighted by Gasteiger charge is -2.13. The van der Waals surface area contributed by atoms with Crippen molar-refractivity contribution >= 4 is 28.7 Å². The largest absolute Gasteiger partial charge is 0.514 e. The Labute approximate surface area is 130 Å². The summed E-state index contributed by atoms with van der Waals surface area (Å²) >= 11 is 5.81. The molecule has 1 aliphatic carbocycles. The maximum absolute atomic E-state index is 13.7. The van der Waals surface area contributed by atoms with Crippen LogP contribution in [0.5, 0.6) is 5.75 Å². The third-order valence-electron chi connectivity index (χ3n) is 3.44. The van der Waals surface area contributed by atoms with E-state index < -0.39 is 17.4 Å². The molecule has 1 saturated carbocycles. The Kier molecular flexibility index (Phi) is 3.78. The number of halogens is 2. The summed E-state index contributed by atoms with van der Waals surface area (Å²) in [5, 5.41) is 0.0657. The van der Waals surface area contributed by atoms with E-state index in [9.17, 15) is 14.0 Å². The Morgan fingerprint density at radius 3 is 2.82 bits per heavy atom. The van der Waals surface area contributed by atoms with Crippen LogP contribution >= 0.6 is 11.6 Å². The second kappa shape index (κ2) is 5.61. The van der Waals surface area contributed by atoms with Crippen molar-refractivity contribution in [2.45, 2.75) is 25.8 Å². The summed E-state index contributed by atoms with van der Waals surface area (Å²) in [5.74, 6) is -0.874. The van der Waals surface area contributed by atoms with Crippen LogP contribution in [0.4, 0.5) is 9.18 Å². The van der Waals surface area contributed by atoms with Crippen molar-refractivity contribution < 1.29 is 18.7 Å². The average Bonchev–Trinajstić information content (AvgIpc) is 3.29. The second-order valence-electron chi connectivity index (χ2n) is 5.03. The van der Waals surface area contributed by atoms with Gasteiger partial charge in [0.25, 0.3) is 0 Å². The molecule has 5 nitrogen and oxygen atoms in total. The zero-order valence-corrected chi connectivity index (χ0v) is 12.5. The number of rotatable bonds is 3. The maximum atomic E-state index is 13.7. The first-order valence-corrected chi connectivity index (χ1v) is 7.27. The van der Waals surface area contributed by atoms with Crippen molar-refractivity contribution in [2.24, 2.45) is 0 Å². The van der Waals surface area contributed by atoms with Crippen molar-refractivity contribution in [3.05, 3.63) is 39.4 Å². The number of aromatic nitrogens is 1. The summed E-state index contributed by atoms with van der Waals surface area (Å²) in [6, 6.07) is 2.67. The molecule has 0 unspecified atom stereocenters. The molecule has 1 fully saturated rings. The molecule has 116 valence electrons. The van der Waals surface area contributed by atoms with Crippen molar-refractivity contribution in [1.29, 1.82) is 0 Å². The van der Waals surface area contributed by atoms with Crippen molar-refractivity contribution in [3.63, 3.8) is 0 Å². The van der Waals surface area contributed by atoms with E-state index in [1.54, 1.807) is 11.5 Å². The summed E-state index contributed by atoms with van der Waals surface area (Å²) < 4.78 is 25.1. The summed E-state index contributed by atoms with van der Waals surface area (Å²) in [4.78, 5) is 23.8. The number of pyridine rings is 1. The predicted octanol–water partition coefficient (Wildman–Crippen LogP) is 3.66. The molecule has 0 N–H and O–H groups in total. The molecule has 3 rings (SSSR count). The molecule has 2 aromatic rings. The fourth-order valence-corrected chi connectivity index (χ4v) is 2.44. The number of ether oxygens (including phenoxy) is 2. The van der Waals surface area contributed by atoms with E-state index in [0.29, 0.717) is 5.52 Å². The monoisotopic (exact) mass is 325 g/mol. The van der Waals surface area contributed by atoms with Gasteiger partial charge in [0.1, 0.15) is 5.82 Å². The highest BCUT2D eigenvalue weighted by atomic mass is 35.5. The Hall–Kier alpha value is -2.08.